The third-order valence-corrected chi connectivity index (χ3v) is 3.72. The van der Waals surface area contributed by atoms with Crippen LogP contribution in [-0.2, 0) is 7.05 Å². The molecule has 6 nitrogen and oxygen atoms in total. The van der Waals surface area contributed by atoms with Gasteiger partial charge < -0.3 is 5.32 Å². The van der Waals surface area contributed by atoms with Crippen molar-refractivity contribution < 1.29 is 0 Å². The average molecular weight is 336 g/mol. The second-order valence-electron chi connectivity index (χ2n) is 4.55. The first kappa shape index (κ1) is 14.6. The van der Waals surface area contributed by atoms with Gasteiger partial charge in [0.15, 0.2) is 0 Å². The molecule has 0 radical (unpaired) electrons. The number of halogens is 2. The van der Waals surface area contributed by atoms with Gasteiger partial charge in [0.05, 0.1) is 40.7 Å². The van der Waals surface area contributed by atoms with Crippen molar-refractivity contribution in [3.63, 3.8) is 0 Å². The van der Waals surface area contributed by atoms with Gasteiger partial charge in [0.1, 0.15) is 5.02 Å². The summed E-state index contributed by atoms with van der Waals surface area (Å²) in [6, 6.07) is 7.36. The summed E-state index contributed by atoms with van der Waals surface area (Å²) in [5, 5.41) is 11.8. The Morgan fingerprint density at radius 1 is 1.14 bits per heavy atom. The molecular formula is C14H11Cl2N5O. The fourth-order valence-electron chi connectivity index (χ4n) is 1.91. The van der Waals surface area contributed by atoms with E-state index in [1.54, 1.807) is 23.1 Å². The first-order valence-electron chi connectivity index (χ1n) is 6.34. The molecule has 1 N–H and O–H groups in total. The summed E-state index contributed by atoms with van der Waals surface area (Å²) in [5.41, 5.74) is 1.47. The van der Waals surface area contributed by atoms with Crippen molar-refractivity contribution in [3.8, 4) is 5.69 Å². The third-order valence-electron chi connectivity index (χ3n) is 3.04. The minimum Gasteiger partial charge on any atom is -0.350 e. The highest BCUT2D eigenvalue weighted by molar-refractivity contribution is 6.33. The van der Waals surface area contributed by atoms with Crippen LogP contribution < -0.4 is 10.9 Å². The largest absolute Gasteiger partial charge is 0.350 e. The highest BCUT2D eigenvalue weighted by Crippen LogP contribution is 2.24. The van der Waals surface area contributed by atoms with Gasteiger partial charge in [0.2, 0.25) is 0 Å². The summed E-state index contributed by atoms with van der Waals surface area (Å²) in [7, 11) is 1.54. The Hall–Kier alpha value is -2.31. The van der Waals surface area contributed by atoms with E-state index in [1.807, 2.05) is 18.2 Å². The number of nitrogens with one attached hydrogen (secondary N) is 1. The van der Waals surface area contributed by atoms with Crippen molar-refractivity contribution in [1.29, 1.82) is 0 Å². The Morgan fingerprint density at radius 2 is 1.91 bits per heavy atom. The van der Waals surface area contributed by atoms with Crippen LogP contribution in [0.4, 0.5) is 11.4 Å². The first-order chi connectivity index (χ1) is 10.6. The number of aromatic nitrogens is 4. The molecule has 3 aromatic rings. The molecule has 0 unspecified atom stereocenters. The monoisotopic (exact) mass is 335 g/mol. The van der Waals surface area contributed by atoms with Crippen LogP contribution in [0.5, 0.6) is 0 Å². The van der Waals surface area contributed by atoms with Crippen molar-refractivity contribution in [2.45, 2.75) is 0 Å². The first-order valence-corrected chi connectivity index (χ1v) is 7.10. The molecule has 0 aliphatic heterocycles. The normalized spacial score (nSPS) is 10.7. The zero-order chi connectivity index (χ0) is 15.7. The summed E-state index contributed by atoms with van der Waals surface area (Å²) in [5.74, 6) is 0. The summed E-state index contributed by atoms with van der Waals surface area (Å²) in [6.45, 7) is 0. The quantitative estimate of drug-likeness (QED) is 0.799. The van der Waals surface area contributed by atoms with Crippen molar-refractivity contribution in [1.82, 2.24) is 19.6 Å². The Morgan fingerprint density at radius 3 is 2.68 bits per heavy atom. The molecule has 0 bridgehead atoms. The Kier molecular flexibility index (Phi) is 3.87. The molecule has 2 aromatic heterocycles. The van der Waals surface area contributed by atoms with Crippen LogP contribution in [0.1, 0.15) is 0 Å². The number of nitrogens with zero attached hydrogens (tertiary/aromatic N) is 4. The van der Waals surface area contributed by atoms with E-state index in [-0.39, 0.29) is 10.6 Å². The molecule has 0 aliphatic rings. The number of para-hydroxylation sites is 1. The predicted molar refractivity (Wildman–Crippen MR) is 86.3 cm³/mol. The molecule has 0 atom stereocenters. The van der Waals surface area contributed by atoms with E-state index in [4.69, 9.17) is 23.2 Å². The highest BCUT2D eigenvalue weighted by Gasteiger charge is 2.09. The van der Waals surface area contributed by atoms with Gasteiger partial charge in [-0.25, -0.2) is 9.36 Å². The maximum absolute atomic E-state index is 11.7. The van der Waals surface area contributed by atoms with Crippen molar-refractivity contribution in [2.24, 2.45) is 7.05 Å². The number of anilines is 2. The Balaban J connectivity index is 1.91. The van der Waals surface area contributed by atoms with Crippen molar-refractivity contribution in [3.05, 3.63) is 63.3 Å². The van der Waals surface area contributed by atoms with Gasteiger partial charge in [0.25, 0.3) is 5.56 Å². The zero-order valence-electron chi connectivity index (χ0n) is 11.5. The second kappa shape index (κ2) is 5.82. The van der Waals surface area contributed by atoms with E-state index in [2.05, 4.69) is 15.5 Å². The molecule has 112 valence electrons. The zero-order valence-corrected chi connectivity index (χ0v) is 13.0. The van der Waals surface area contributed by atoms with E-state index >= 15 is 0 Å². The lowest BCUT2D eigenvalue weighted by atomic mass is 10.3. The summed E-state index contributed by atoms with van der Waals surface area (Å²) in [6.07, 6.45) is 4.84. The maximum Gasteiger partial charge on any atom is 0.287 e. The molecule has 22 heavy (non-hydrogen) atoms. The molecule has 2 heterocycles. The SMILES string of the molecule is Cn1ncc(Nc2cnn(-c3ccccc3Cl)c2)c(Cl)c1=O. The number of hydrogen-bond donors (Lipinski definition) is 1. The highest BCUT2D eigenvalue weighted by atomic mass is 35.5. The van der Waals surface area contributed by atoms with Crippen LogP contribution in [0.25, 0.3) is 5.69 Å². The van der Waals surface area contributed by atoms with Crippen molar-refractivity contribution in [2.75, 3.05) is 5.32 Å². The van der Waals surface area contributed by atoms with Gasteiger partial charge in [0, 0.05) is 7.05 Å². The van der Waals surface area contributed by atoms with Crippen LogP contribution in [0.15, 0.2) is 47.7 Å². The third kappa shape index (κ3) is 2.70. The Labute approximate surface area is 135 Å². The molecule has 0 spiro atoms. The fraction of sp³-hybridized carbons (Fsp3) is 0.0714. The molecule has 0 fully saturated rings. The van der Waals surface area contributed by atoms with E-state index in [0.29, 0.717) is 16.4 Å². The van der Waals surface area contributed by atoms with Crippen LogP contribution in [0, 0.1) is 0 Å². The van der Waals surface area contributed by atoms with E-state index < -0.39 is 0 Å². The molecule has 0 amide bonds. The molecule has 3 rings (SSSR count). The smallest absolute Gasteiger partial charge is 0.287 e. The lowest BCUT2D eigenvalue weighted by molar-refractivity contribution is 0.709. The molecule has 0 saturated heterocycles. The van der Waals surface area contributed by atoms with Gasteiger partial charge >= 0.3 is 0 Å². The minimum absolute atomic E-state index is 0.0722. The van der Waals surface area contributed by atoms with Gasteiger partial charge in [-0.1, -0.05) is 35.3 Å². The average Bonchev–Trinajstić information content (AvgIpc) is 2.97. The van der Waals surface area contributed by atoms with E-state index in [1.165, 1.54) is 17.9 Å². The van der Waals surface area contributed by atoms with Gasteiger partial charge in [-0.15, -0.1) is 0 Å². The number of rotatable bonds is 3. The van der Waals surface area contributed by atoms with Crippen LogP contribution in [0.3, 0.4) is 0 Å². The molecular weight excluding hydrogens is 325 g/mol. The maximum atomic E-state index is 11.7. The Bertz CT molecular complexity index is 887. The van der Waals surface area contributed by atoms with Gasteiger partial charge in [-0.05, 0) is 12.1 Å². The molecule has 1 aromatic carbocycles. The fourth-order valence-corrected chi connectivity index (χ4v) is 2.35. The minimum atomic E-state index is -0.370. The summed E-state index contributed by atoms with van der Waals surface area (Å²) >= 11 is 12.1. The van der Waals surface area contributed by atoms with E-state index in [0.717, 1.165) is 5.69 Å². The lowest BCUT2D eigenvalue weighted by Gasteiger charge is -2.06. The van der Waals surface area contributed by atoms with Gasteiger partial charge in [-0.3, -0.25) is 4.79 Å². The molecule has 8 heteroatoms. The number of aryl methyl sites for hydroxylation is 1. The van der Waals surface area contributed by atoms with Gasteiger partial charge in [-0.2, -0.15) is 10.2 Å². The van der Waals surface area contributed by atoms with Crippen LogP contribution in [0.2, 0.25) is 10.0 Å². The van der Waals surface area contributed by atoms with Crippen LogP contribution in [-0.4, -0.2) is 19.6 Å². The summed E-state index contributed by atoms with van der Waals surface area (Å²) < 4.78 is 2.80. The van der Waals surface area contributed by atoms with E-state index in [9.17, 15) is 4.79 Å². The predicted octanol–water partition coefficient (Wildman–Crippen LogP) is 3.02. The standard InChI is InChI=1S/C14H11Cl2N5O/c1-20-14(22)13(16)11(7-17-20)19-9-6-18-21(8-9)12-5-3-2-4-10(12)15/h2-8,19H,1H3. The van der Waals surface area contributed by atoms with Crippen LogP contribution >= 0.6 is 23.2 Å². The number of hydrogen-bond acceptors (Lipinski definition) is 4. The lowest BCUT2D eigenvalue weighted by Crippen LogP contribution is -2.20. The summed E-state index contributed by atoms with van der Waals surface area (Å²) in [4.78, 5) is 11.7. The number of benzene rings is 1. The molecule has 0 saturated carbocycles. The van der Waals surface area contributed by atoms with Crippen molar-refractivity contribution >= 4 is 34.6 Å². The second-order valence-corrected chi connectivity index (χ2v) is 5.34. The topological polar surface area (TPSA) is 64.7 Å². The molecule has 0 aliphatic carbocycles.